The predicted octanol–water partition coefficient (Wildman–Crippen LogP) is 1.38. The molecule has 1 aliphatic rings. The summed E-state index contributed by atoms with van der Waals surface area (Å²) in [6, 6.07) is 0.105. The zero-order valence-corrected chi connectivity index (χ0v) is 12.5. The van der Waals surface area contributed by atoms with Crippen molar-refractivity contribution < 1.29 is 8.42 Å². The molecule has 0 bridgehead atoms. The highest BCUT2D eigenvalue weighted by molar-refractivity contribution is 7.91. The molecule has 0 aliphatic carbocycles. The number of hydrogen-bond acceptors (Lipinski definition) is 4. The third-order valence-electron chi connectivity index (χ3n) is 3.63. The lowest BCUT2D eigenvalue weighted by Crippen LogP contribution is -2.28. The predicted molar refractivity (Wildman–Crippen MR) is 75.7 cm³/mol. The average Bonchev–Trinajstić information content (AvgIpc) is 2.93. The van der Waals surface area contributed by atoms with E-state index in [2.05, 4.69) is 17.3 Å². The maximum absolute atomic E-state index is 11.6. The maximum Gasteiger partial charge on any atom is 0.150 e. The first-order valence-electron chi connectivity index (χ1n) is 7.02. The zero-order valence-electron chi connectivity index (χ0n) is 11.7. The van der Waals surface area contributed by atoms with Gasteiger partial charge in [-0.15, -0.1) is 0 Å². The van der Waals surface area contributed by atoms with Crippen molar-refractivity contribution in [2.24, 2.45) is 5.92 Å². The average molecular weight is 285 g/mol. The van der Waals surface area contributed by atoms with Gasteiger partial charge in [-0.05, 0) is 25.3 Å². The number of aryl methyl sites for hydroxylation is 1. The van der Waals surface area contributed by atoms with Crippen LogP contribution in [0.1, 0.15) is 38.3 Å². The van der Waals surface area contributed by atoms with Crippen molar-refractivity contribution in [2.75, 3.05) is 18.1 Å². The van der Waals surface area contributed by atoms with Gasteiger partial charge in [-0.3, -0.25) is 4.68 Å². The van der Waals surface area contributed by atoms with Crippen LogP contribution in [-0.2, 0) is 16.4 Å². The summed E-state index contributed by atoms with van der Waals surface area (Å²) in [5, 5.41) is 7.76. The summed E-state index contributed by atoms with van der Waals surface area (Å²) in [5.74, 6) is 0.788. The second-order valence-electron chi connectivity index (χ2n) is 5.24. The van der Waals surface area contributed by atoms with Gasteiger partial charge < -0.3 is 5.32 Å². The molecule has 0 saturated carbocycles. The largest absolute Gasteiger partial charge is 0.310 e. The Kier molecular flexibility index (Phi) is 4.62. The second-order valence-corrected chi connectivity index (χ2v) is 7.46. The summed E-state index contributed by atoms with van der Waals surface area (Å²) in [6.07, 6.45) is 5.71. The molecule has 19 heavy (non-hydrogen) atoms. The minimum Gasteiger partial charge on any atom is -0.310 e. The van der Waals surface area contributed by atoms with Gasteiger partial charge in [-0.2, -0.15) is 5.10 Å². The Morgan fingerprint density at radius 2 is 2.32 bits per heavy atom. The first-order chi connectivity index (χ1) is 9.05. The second kappa shape index (κ2) is 6.05. The smallest absolute Gasteiger partial charge is 0.150 e. The number of sulfone groups is 1. The number of nitrogens with one attached hydrogen (secondary N) is 1. The van der Waals surface area contributed by atoms with Crippen LogP contribution in [0.2, 0.25) is 0 Å². The van der Waals surface area contributed by atoms with E-state index >= 15 is 0 Å². The van der Waals surface area contributed by atoms with E-state index in [0.29, 0.717) is 11.5 Å². The molecule has 6 heteroatoms. The van der Waals surface area contributed by atoms with E-state index in [-0.39, 0.29) is 12.0 Å². The van der Waals surface area contributed by atoms with Crippen LogP contribution in [0, 0.1) is 5.92 Å². The van der Waals surface area contributed by atoms with Gasteiger partial charge in [0.15, 0.2) is 9.84 Å². The molecule has 2 atom stereocenters. The molecular weight excluding hydrogens is 262 g/mol. The fourth-order valence-electron chi connectivity index (χ4n) is 2.75. The summed E-state index contributed by atoms with van der Waals surface area (Å²) in [7, 11) is -2.84. The third-order valence-corrected chi connectivity index (χ3v) is 5.42. The molecule has 0 aromatic carbocycles. The number of aromatic nitrogens is 2. The maximum atomic E-state index is 11.6. The Morgan fingerprint density at radius 3 is 2.89 bits per heavy atom. The van der Waals surface area contributed by atoms with Gasteiger partial charge in [0.25, 0.3) is 0 Å². The lowest BCUT2D eigenvalue weighted by Gasteiger charge is -2.22. The highest BCUT2D eigenvalue weighted by atomic mass is 32.2. The Labute approximate surface area is 115 Å². The van der Waals surface area contributed by atoms with E-state index in [4.69, 9.17) is 0 Å². The van der Waals surface area contributed by atoms with Crippen molar-refractivity contribution in [3.8, 4) is 0 Å². The first kappa shape index (κ1) is 14.5. The normalized spacial score (nSPS) is 23.6. The van der Waals surface area contributed by atoms with Crippen LogP contribution in [-0.4, -0.2) is 36.2 Å². The number of nitrogens with zero attached hydrogens (tertiary/aromatic N) is 2. The monoisotopic (exact) mass is 285 g/mol. The molecule has 0 radical (unpaired) electrons. The molecule has 0 spiro atoms. The van der Waals surface area contributed by atoms with Gasteiger partial charge in [0.2, 0.25) is 0 Å². The lowest BCUT2D eigenvalue weighted by molar-refractivity contribution is 0.400. The standard InChI is InChI=1S/C13H23N3O2S/c1-3-6-16-9-12(8-15-16)13(14-4-2)11-5-7-19(17,18)10-11/h8-9,11,13-14H,3-7,10H2,1-2H3. The molecule has 1 N–H and O–H groups in total. The lowest BCUT2D eigenvalue weighted by atomic mass is 9.94. The first-order valence-corrected chi connectivity index (χ1v) is 8.84. The molecule has 2 unspecified atom stereocenters. The molecule has 108 valence electrons. The molecule has 1 aromatic rings. The molecule has 2 rings (SSSR count). The Hall–Kier alpha value is -0.880. The number of rotatable bonds is 6. The molecular formula is C13H23N3O2S. The summed E-state index contributed by atoms with van der Waals surface area (Å²) in [4.78, 5) is 0. The zero-order chi connectivity index (χ0) is 13.9. The van der Waals surface area contributed by atoms with Crippen molar-refractivity contribution in [3.05, 3.63) is 18.0 Å². The fraction of sp³-hybridized carbons (Fsp3) is 0.769. The molecule has 5 nitrogen and oxygen atoms in total. The van der Waals surface area contributed by atoms with Gasteiger partial charge in [-0.25, -0.2) is 8.42 Å². The van der Waals surface area contributed by atoms with Crippen LogP contribution in [0.3, 0.4) is 0 Å². The van der Waals surface area contributed by atoms with Crippen LogP contribution in [0.4, 0.5) is 0 Å². The minimum absolute atomic E-state index is 0.105. The van der Waals surface area contributed by atoms with Gasteiger partial charge in [-0.1, -0.05) is 13.8 Å². The third kappa shape index (κ3) is 3.57. The van der Waals surface area contributed by atoms with Crippen LogP contribution < -0.4 is 5.32 Å². The van der Waals surface area contributed by atoms with Crippen LogP contribution in [0.5, 0.6) is 0 Å². The quantitative estimate of drug-likeness (QED) is 0.857. The van der Waals surface area contributed by atoms with Crippen LogP contribution >= 0.6 is 0 Å². The van der Waals surface area contributed by atoms with Crippen molar-refractivity contribution in [2.45, 2.75) is 39.3 Å². The van der Waals surface area contributed by atoms with Gasteiger partial charge in [0.05, 0.1) is 17.7 Å². The van der Waals surface area contributed by atoms with Crippen molar-refractivity contribution >= 4 is 9.84 Å². The van der Waals surface area contributed by atoms with E-state index < -0.39 is 9.84 Å². The van der Waals surface area contributed by atoms with E-state index in [1.807, 2.05) is 24.0 Å². The topological polar surface area (TPSA) is 64.0 Å². The van der Waals surface area contributed by atoms with Crippen LogP contribution in [0.25, 0.3) is 0 Å². The van der Waals surface area contributed by atoms with Crippen molar-refractivity contribution in [3.63, 3.8) is 0 Å². The van der Waals surface area contributed by atoms with Gasteiger partial charge in [0.1, 0.15) is 0 Å². The highest BCUT2D eigenvalue weighted by Gasteiger charge is 2.34. The summed E-state index contributed by atoms with van der Waals surface area (Å²) in [6.45, 7) is 5.90. The SMILES string of the molecule is CCCn1cc(C(NCC)C2CCS(=O)(=O)C2)cn1. The summed E-state index contributed by atoms with van der Waals surface area (Å²) in [5.41, 5.74) is 1.11. The Bertz CT molecular complexity index is 510. The van der Waals surface area contributed by atoms with E-state index in [0.717, 1.165) is 31.5 Å². The fourth-order valence-corrected chi connectivity index (χ4v) is 4.59. The van der Waals surface area contributed by atoms with Gasteiger partial charge in [0, 0.05) is 24.3 Å². The highest BCUT2D eigenvalue weighted by Crippen LogP contribution is 2.31. The van der Waals surface area contributed by atoms with Crippen molar-refractivity contribution in [1.82, 2.24) is 15.1 Å². The Morgan fingerprint density at radius 1 is 1.53 bits per heavy atom. The van der Waals surface area contributed by atoms with Crippen molar-refractivity contribution in [1.29, 1.82) is 0 Å². The summed E-state index contributed by atoms with van der Waals surface area (Å²) < 4.78 is 25.2. The van der Waals surface area contributed by atoms with E-state index in [1.54, 1.807) is 0 Å². The van der Waals surface area contributed by atoms with Crippen LogP contribution in [0.15, 0.2) is 12.4 Å². The molecule has 1 saturated heterocycles. The summed E-state index contributed by atoms with van der Waals surface area (Å²) >= 11 is 0. The molecule has 0 amide bonds. The minimum atomic E-state index is -2.84. The Balaban J connectivity index is 2.15. The number of hydrogen-bond donors (Lipinski definition) is 1. The molecule has 2 heterocycles. The van der Waals surface area contributed by atoms with E-state index in [9.17, 15) is 8.42 Å². The van der Waals surface area contributed by atoms with Gasteiger partial charge >= 0.3 is 0 Å². The molecule has 1 aromatic heterocycles. The molecule has 1 fully saturated rings. The van der Waals surface area contributed by atoms with E-state index in [1.165, 1.54) is 0 Å². The molecule has 1 aliphatic heterocycles.